The van der Waals surface area contributed by atoms with Gasteiger partial charge >= 0.3 is 0 Å². The molecule has 3 fully saturated rings. The topological polar surface area (TPSA) is 65.6 Å². The highest BCUT2D eigenvalue weighted by Gasteiger charge is 2.72. The van der Waals surface area contributed by atoms with Gasteiger partial charge in [-0.05, 0) is 80.6 Å². The van der Waals surface area contributed by atoms with Gasteiger partial charge in [-0.15, -0.1) is 12.4 Å². The van der Waals surface area contributed by atoms with Crippen LogP contribution in [0.25, 0.3) is 10.9 Å². The Morgan fingerprint density at radius 1 is 1.14 bits per heavy atom. The standard InChI is InChI=1S/C30H31N3O3.ClH/c1-18-24-16-33(28-15-27(34)22-5-3-4-6-23(22)30(18,24)28)29(35)26-14-20-13-21(7-8-25(20)31-26)36-17-19-9-11-32(2)12-10-19;/h3-8,13-15,18-19,24,31H,9-12,16-17H2,1-2H3;1H/t18-,24-,30-;/m0./s1. The van der Waals surface area contributed by atoms with Crippen molar-refractivity contribution in [3.8, 4) is 5.75 Å². The van der Waals surface area contributed by atoms with Crippen molar-refractivity contribution in [1.29, 1.82) is 0 Å². The van der Waals surface area contributed by atoms with E-state index in [4.69, 9.17) is 4.74 Å². The number of hydrogen-bond donors (Lipinski definition) is 1. The molecule has 6 nitrogen and oxygen atoms in total. The van der Waals surface area contributed by atoms with Crippen LogP contribution in [0.1, 0.15) is 46.2 Å². The Hall–Kier alpha value is -3.09. The molecule has 0 unspecified atom stereocenters. The number of nitrogens with one attached hydrogen (secondary N) is 1. The number of H-pyrrole nitrogens is 1. The van der Waals surface area contributed by atoms with Crippen LogP contribution in [-0.2, 0) is 5.41 Å². The maximum Gasteiger partial charge on any atom is 0.274 e. The van der Waals surface area contributed by atoms with E-state index in [-0.39, 0.29) is 29.5 Å². The first-order valence-corrected chi connectivity index (χ1v) is 13.1. The molecule has 4 aliphatic rings. The summed E-state index contributed by atoms with van der Waals surface area (Å²) in [5, 5.41) is 0.964. The lowest BCUT2D eigenvalue weighted by atomic mass is 9.80. The Morgan fingerprint density at radius 3 is 2.73 bits per heavy atom. The first kappa shape index (κ1) is 24.3. The van der Waals surface area contributed by atoms with Crippen molar-refractivity contribution in [3.05, 3.63) is 77.1 Å². The third kappa shape index (κ3) is 3.57. The van der Waals surface area contributed by atoms with Gasteiger partial charge in [0, 0.05) is 40.2 Å². The normalized spacial score (nSPS) is 26.7. The summed E-state index contributed by atoms with van der Waals surface area (Å²) in [5.74, 6) is 2.13. The van der Waals surface area contributed by atoms with Crippen LogP contribution in [-0.4, -0.2) is 59.8 Å². The van der Waals surface area contributed by atoms with E-state index in [0.29, 0.717) is 30.0 Å². The summed E-state index contributed by atoms with van der Waals surface area (Å²) in [6, 6.07) is 15.8. The average molecular weight is 518 g/mol. The molecular formula is C30H32ClN3O3. The number of halogens is 1. The van der Waals surface area contributed by atoms with Crippen LogP contribution in [0.2, 0.25) is 0 Å². The highest BCUT2D eigenvalue weighted by atomic mass is 35.5. The quantitative estimate of drug-likeness (QED) is 0.526. The lowest BCUT2D eigenvalue weighted by Gasteiger charge is -2.30. The summed E-state index contributed by atoms with van der Waals surface area (Å²) in [5.41, 5.74) is 3.99. The number of likely N-dealkylation sites (tertiary alicyclic amines) is 2. The summed E-state index contributed by atoms with van der Waals surface area (Å²) in [6.07, 6.45) is 4.05. The molecule has 0 radical (unpaired) electrons. The number of carbonyl (C=O) groups excluding carboxylic acids is 2. The molecule has 7 heteroatoms. The van der Waals surface area contributed by atoms with Gasteiger partial charge in [-0.25, -0.2) is 0 Å². The van der Waals surface area contributed by atoms with Crippen LogP contribution in [0.5, 0.6) is 5.75 Å². The number of benzene rings is 2. The van der Waals surface area contributed by atoms with E-state index < -0.39 is 0 Å². The number of aromatic amines is 1. The second kappa shape index (κ2) is 8.74. The summed E-state index contributed by atoms with van der Waals surface area (Å²) in [6.45, 7) is 5.87. The molecule has 2 aromatic carbocycles. The van der Waals surface area contributed by atoms with Crippen LogP contribution in [0, 0.1) is 17.8 Å². The minimum atomic E-state index is -0.207. The second-order valence-electron chi connectivity index (χ2n) is 11.1. The first-order chi connectivity index (χ1) is 17.5. The average Bonchev–Trinajstić information content (AvgIpc) is 3.19. The maximum absolute atomic E-state index is 13.7. The summed E-state index contributed by atoms with van der Waals surface area (Å²) in [7, 11) is 2.17. The van der Waals surface area contributed by atoms with Gasteiger partial charge in [-0.2, -0.15) is 0 Å². The molecule has 0 bridgehead atoms. The van der Waals surface area contributed by atoms with Gasteiger partial charge in [0.25, 0.3) is 5.91 Å². The number of piperidine rings is 2. The molecule has 2 aliphatic heterocycles. The van der Waals surface area contributed by atoms with Crippen LogP contribution < -0.4 is 4.74 Å². The third-order valence-corrected chi connectivity index (χ3v) is 9.19. The second-order valence-corrected chi connectivity index (χ2v) is 11.1. The van der Waals surface area contributed by atoms with Gasteiger partial charge < -0.3 is 19.5 Å². The first-order valence-electron chi connectivity index (χ1n) is 13.1. The highest BCUT2D eigenvalue weighted by molar-refractivity contribution is 6.10. The number of ketones is 1. The number of nitrogens with zero attached hydrogens (tertiary/aromatic N) is 2. The molecule has 1 saturated carbocycles. The molecule has 3 heterocycles. The molecule has 3 atom stereocenters. The van der Waals surface area contributed by atoms with E-state index in [0.717, 1.165) is 53.2 Å². The zero-order chi connectivity index (χ0) is 24.6. The zero-order valence-corrected chi connectivity index (χ0v) is 22.0. The fourth-order valence-electron chi connectivity index (χ4n) is 7.03. The molecule has 37 heavy (non-hydrogen) atoms. The van der Waals surface area contributed by atoms with Crippen molar-refractivity contribution in [2.24, 2.45) is 17.8 Å². The van der Waals surface area contributed by atoms with Crippen molar-refractivity contribution in [1.82, 2.24) is 14.8 Å². The Labute approximate surface area is 223 Å². The Balaban J connectivity index is 0.00000252. The van der Waals surface area contributed by atoms with Gasteiger partial charge in [0.2, 0.25) is 0 Å². The fourth-order valence-corrected chi connectivity index (χ4v) is 7.03. The predicted molar refractivity (Wildman–Crippen MR) is 145 cm³/mol. The molecule has 1 aromatic heterocycles. The number of rotatable bonds is 4. The highest BCUT2D eigenvalue weighted by Crippen LogP contribution is 2.70. The number of fused-ring (bicyclic) bond motifs is 2. The minimum absolute atomic E-state index is 0. The van der Waals surface area contributed by atoms with Gasteiger partial charge in [0.1, 0.15) is 11.4 Å². The number of carbonyl (C=O) groups is 2. The van der Waals surface area contributed by atoms with Gasteiger partial charge in [-0.3, -0.25) is 9.59 Å². The van der Waals surface area contributed by atoms with E-state index >= 15 is 0 Å². The molecule has 1 spiro atoms. The van der Waals surface area contributed by atoms with E-state index in [2.05, 4.69) is 29.9 Å². The molecule has 1 N–H and O–H groups in total. The fraction of sp³-hybridized carbons (Fsp3) is 0.400. The summed E-state index contributed by atoms with van der Waals surface area (Å²) >= 11 is 0. The van der Waals surface area contributed by atoms with E-state index in [9.17, 15) is 9.59 Å². The number of allylic oxidation sites excluding steroid dienone is 2. The number of aromatic nitrogens is 1. The molecule has 3 aromatic rings. The monoisotopic (exact) mass is 517 g/mol. The van der Waals surface area contributed by atoms with Gasteiger partial charge in [-0.1, -0.05) is 31.2 Å². The van der Waals surface area contributed by atoms with Gasteiger partial charge in [0.15, 0.2) is 5.78 Å². The number of hydrogen-bond acceptors (Lipinski definition) is 4. The lowest BCUT2D eigenvalue weighted by Crippen LogP contribution is -2.35. The molecule has 192 valence electrons. The van der Waals surface area contributed by atoms with Crippen molar-refractivity contribution in [2.45, 2.75) is 25.2 Å². The van der Waals surface area contributed by atoms with Crippen molar-refractivity contribution in [2.75, 3.05) is 33.3 Å². The van der Waals surface area contributed by atoms with Crippen LogP contribution >= 0.6 is 12.4 Å². The predicted octanol–water partition coefficient (Wildman–Crippen LogP) is 5.05. The zero-order valence-electron chi connectivity index (χ0n) is 21.2. The number of ether oxygens (including phenoxy) is 1. The van der Waals surface area contributed by atoms with Gasteiger partial charge in [0.05, 0.1) is 6.61 Å². The van der Waals surface area contributed by atoms with E-state index in [1.165, 1.54) is 12.8 Å². The smallest absolute Gasteiger partial charge is 0.274 e. The van der Waals surface area contributed by atoms with Crippen molar-refractivity contribution < 1.29 is 14.3 Å². The van der Waals surface area contributed by atoms with Crippen LogP contribution in [0.4, 0.5) is 0 Å². The molecule has 2 aliphatic carbocycles. The van der Waals surface area contributed by atoms with Crippen LogP contribution in [0.15, 0.2) is 60.3 Å². The Bertz CT molecular complexity index is 1440. The minimum Gasteiger partial charge on any atom is -0.493 e. The Morgan fingerprint density at radius 2 is 1.92 bits per heavy atom. The SMILES string of the molecule is C[C@H]1[C@@H]2CN(C(=O)c3cc4cc(OCC5CCN(C)CC5)ccc4[nH]3)C3=CC(=O)c4ccccc4[C@@]312.Cl. The molecule has 2 saturated heterocycles. The van der Waals surface area contributed by atoms with Crippen molar-refractivity contribution >= 4 is 35.0 Å². The third-order valence-electron chi connectivity index (χ3n) is 9.19. The van der Waals surface area contributed by atoms with E-state index in [1.807, 2.05) is 47.4 Å². The Kier molecular flexibility index (Phi) is 5.73. The van der Waals surface area contributed by atoms with Crippen molar-refractivity contribution in [3.63, 3.8) is 0 Å². The lowest BCUT2D eigenvalue weighted by molar-refractivity contribution is 0.0802. The molecule has 1 amide bonds. The molecule has 7 rings (SSSR count). The van der Waals surface area contributed by atoms with Crippen LogP contribution in [0.3, 0.4) is 0 Å². The largest absolute Gasteiger partial charge is 0.493 e. The summed E-state index contributed by atoms with van der Waals surface area (Å²) < 4.78 is 6.13. The number of amides is 1. The maximum atomic E-state index is 13.7. The molecular weight excluding hydrogens is 486 g/mol. The van der Waals surface area contributed by atoms with E-state index in [1.54, 1.807) is 6.08 Å². The summed E-state index contributed by atoms with van der Waals surface area (Å²) in [4.78, 5) is 34.2.